The molecule has 1 aromatic carbocycles. The number of benzene rings is 1. The lowest BCUT2D eigenvalue weighted by Gasteiger charge is -2.18. The Morgan fingerprint density at radius 1 is 1.38 bits per heavy atom. The minimum atomic E-state index is -0.584. The number of hydrogen-bond donors (Lipinski definition) is 2. The summed E-state index contributed by atoms with van der Waals surface area (Å²) in [5.74, 6) is -1.15. The maximum Gasteiger partial charge on any atom is 0.130 e. The first-order valence-electron chi connectivity index (χ1n) is 5.48. The molecule has 0 heterocycles. The topological polar surface area (TPSA) is 32.3 Å². The molecule has 1 aromatic rings. The van der Waals surface area contributed by atoms with Gasteiger partial charge in [-0.1, -0.05) is 13.0 Å². The molecule has 1 atom stereocenters. The van der Waals surface area contributed by atoms with Gasteiger partial charge in [-0.3, -0.25) is 0 Å². The first-order valence-corrected chi connectivity index (χ1v) is 5.48. The van der Waals surface area contributed by atoms with Crippen molar-refractivity contribution in [2.24, 2.45) is 0 Å². The van der Waals surface area contributed by atoms with Gasteiger partial charge in [-0.25, -0.2) is 8.78 Å². The van der Waals surface area contributed by atoms with Crippen LogP contribution in [0.15, 0.2) is 18.2 Å². The van der Waals surface area contributed by atoms with Gasteiger partial charge in [-0.05, 0) is 25.5 Å². The van der Waals surface area contributed by atoms with E-state index in [2.05, 4.69) is 5.32 Å². The number of nitrogens with one attached hydrogen (secondary N) is 1. The average molecular weight is 229 g/mol. The van der Waals surface area contributed by atoms with Crippen LogP contribution in [-0.4, -0.2) is 18.3 Å². The molecule has 0 aliphatic carbocycles. The first-order chi connectivity index (χ1) is 7.69. The average Bonchev–Trinajstić information content (AvgIpc) is 2.25. The smallest absolute Gasteiger partial charge is 0.130 e. The van der Waals surface area contributed by atoms with Gasteiger partial charge < -0.3 is 10.4 Å². The van der Waals surface area contributed by atoms with Crippen molar-refractivity contribution in [3.63, 3.8) is 0 Å². The number of rotatable bonds is 6. The van der Waals surface area contributed by atoms with Gasteiger partial charge in [-0.15, -0.1) is 0 Å². The third kappa shape index (κ3) is 3.54. The highest BCUT2D eigenvalue weighted by molar-refractivity contribution is 5.22. The molecule has 0 saturated carbocycles. The highest BCUT2D eigenvalue weighted by Gasteiger charge is 2.14. The van der Waals surface area contributed by atoms with E-state index in [0.29, 0.717) is 12.0 Å². The Morgan fingerprint density at radius 3 is 2.69 bits per heavy atom. The van der Waals surface area contributed by atoms with Crippen LogP contribution in [0.4, 0.5) is 8.78 Å². The summed E-state index contributed by atoms with van der Waals surface area (Å²) >= 11 is 0. The number of aliphatic hydroxyl groups is 1. The van der Waals surface area contributed by atoms with Crippen molar-refractivity contribution >= 4 is 0 Å². The summed E-state index contributed by atoms with van der Waals surface area (Å²) in [6.07, 6.45) is 1.34. The highest BCUT2D eigenvalue weighted by Crippen LogP contribution is 2.20. The minimum Gasteiger partial charge on any atom is -0.396 e. The third-order valence-corrected chi connectivity index (χ3v) is 2.40. The summed E-state index contributed by atoms with van der Waals surface area (Å²) in [4.78, 5) is 0. The molecule has 4 heteroatoms. The molecule has 90 valence electrons. The van der Waals surface area contributed by atoms with Gasteiger partial charge >= 0.3 is 0 Å². The van der Waals surface area contributed by atoms with E-state index >= 15 is 0 Å². The summed E-state index contributed by atoms with van der Waals surface area (Å²) < 4.78 is 26.2. The zero-order valence-corrected chi connectivity index (χ0v) is 9.34. The summed E-state index contributed by atoms with van der Waals surface area (Å²) in [6.45, 7) is 2.71. The predicted octanol–water partition coefficient (Wildman–Crippen LogP) is 2.39. The SMILES string of the molecule is CCCNC(CCO)c1ccc(F)cc1F. The van der Waals surface area contributed by atoms with Gasteiger partial charge in [-0.2, -0.15) is 0 Å². The summed E-state index contributed by atoms with van der Waals surface area (Å²) in [5.41, 5.74) is 0.406. The maximum atomic E-state index is 13.5. The summed E-state index contributed by atoms with van der Waals surface area (Å²) in [6, 6.07) is 3.27. The molecule has 0 spiro atoms. The molecule has 0 aliphatic rings. The molecule has 0 fully saturated rings. The molecule has 0 saturated heterocycles. The molecule has 2 nitrogen and oxygen atoms in total. The molecule has 1 unspecified atom stereocenters. The molecular formula is C12H17F2NO. The second-order valence-electron chi connectivity index (χ2n) is 3.68. The molecule has 0 amide bonds. The fraction of sp³-hybridized carbons (Fsp3) is 0.500. The molecule has 0 aliphatic heterocycles. The van der Waals surface area contributed by atoms with Crippen molar-refractivity contribution in [1.82, 2.24) is 5.32 Å². The van der Waals surface area contributed by atoms with Crippen molar-refractivity contribution in [2.75, 3.05) is 13.2 Å². The molecular weight excluding hydrogens is 212 g/mol. The van der Waals surface area contributed by atoms with Gasteiger partial charge in [0.05, 0.1) is 0 Å². The van der Waals surface area contributed by atoms with Gasteiger partial charge in [0.2, 0.25) is 0 Å². The summed E-state index contributed by atoms with van der Waals surface area (Å²) in [7, 11) is 0. The zero-order valence-electron chi connectivity index (χ0n) is 9.34. The van der Waals surface area contributed by atoms with Crippen LogP contribution in [0.3, 0.4) is 0 Å². The quantitative estimate of drug-likeness (QED) is 0.785. The standard InChI is InChI=1S/C12H17F2NO/c1-2-6-15-12(5-7-16)10-4-3-9(13)8-11(10)14/h3-4,8,12,15-16H,2,5-7H2,1H3. The van der Waals surface area contributed by atoms with Crippen molar-refractivity contribution in [3.05, 3.63) is 35.4 Å². The molecule has 0 radical (unpaired) electrons. The van der Waals surface area contributed by atoms with E-state index < -0.39 is 11.6 Å². The maximum absolute atomic E-state index is 13.5. The number of aliphatic hydroxyl groups excluding tert-OH is 1. The van der Waals surface area contributed by atoms with Crippen LogP contribution in [-0.2, 0) is 0 Å². The van der Waals surface area contributed by atoms with Crippen molar-refractivity contribution in [2.45, 2.75) is 25.8 Å². The van der Waals surface area contributed by atoms with E-state index in [9.17, 15) is 8.78 Å². The van der Waals surface area contributed by atoms with Crippen LogP contribution in [0.2, 0.25) is 0 Å². The van der Waals surface area contributed by atoms with Crippen molar-refractivity contribution < 1.29 is 13.9 Å². The predicted molar refractivity (Wildman–Crippen MR) is 59.1 cm³/mol. The van der Waals surface area contributed by atoms with Gasteiger partial charge in [0, 0.05) is 24.3 Å². The fourth-order valence-corrected chi connectivity index (χ4v) is 1.60. The van der Waals surface area contributed by atoms with E-state index in [0.717, 1.165) is 19.0 Å². The molecule has 1 rings (SSSR count). The monoisotopic (exact) mass is 229 g/mol. The second-order valence-corrected chi connectivity index (χ2v) is 3.68. The van der Waals surface area contributed by atoms with Crippen LogP contribution in [0, 0.1) is 11.6 Å². The van der Waals surface area contributed by atoms with Crippen LogP contribution >= 0.6 is 0 Å². The lowest BCUT2D eigenvalue weighted by Crippen LogP contribution is -2.24. The van der Waals surface area contributed by atoms with E-state index in [4.69, 9.17) is 5.11 Å². The van der Waals surface area contributed by atoms with Crippen LogP contribution in [0.5, 0.6) is 0 Å². The van der Waals surface area contributed by atoms with E-state index in [1.54, 1.807) is 0 Å². The van der Waals surface area contributed by atoms with E-state index in [1.807, 2.05) is 6.92 Å². The van der Waals surface area contributed by atoms with Crippen molar-refractivity contribution in [1.29, 1.82) is 0 Å². The lowest BCUT2D eigenvalue weighted by molar-refractivity contribution is 0.264. The Morgan fingerprint density at radius 2 is 2.12 bits per heavy atom. The van der Waals surface area contributed by atoms with Gasteiger partial charge in [0.1, 0.15) is 11.6 Å². The van der Waals surface area contributed by atoms with E-state index in [1.165, 1.54) is 12.1 Å². The number of halogens is 2. The third-order valence-electron chi connectivity index (χ3n) is 2.40. The molecule has 0 bridgehead atoms. The molecule has 2 N–H and O–H groups in total. The van der Waals surface area contributed by atoms with Gasteiger partial charge in [0.25, 0.3) is 0 Å². The Kier molecular flexibility index (Phi) is 5.35. The van der Waals surface area contributed by atoms with Crippen molar-refractivity contribution in [3.8, 4) is 0 Å². The normalized spacial score (nSPS) is 12.8. The second kappa shape index (κ2) is 6.55. The zero-order chi connectivity index (χ0) is 12.0. The molecule has 16 heavy (non-hydrogen) atoms. The molecule has 0 aromatic heterocycles. The Hall–Kier alpha value is -1.00. The fourth-order valence-electron chi connectivity index (χ4n) is 1.60. The number of hydrogen-bond acceptors (Lipinski definition) is 2. The first kappa shape index (κ1) is 13.1. The Labute approximate surface area is 94.3 Å². The van der Waals surface area contributed by atoms with Gasteiger partial charge in [0.15, 0.2) is 0 Å². The minimum absolute atomic E-state index is 0.0296. The summed E-state index contributed by atoms with van der Waals surface area (Å²) in [5, 5.41) is 12.0. The van der Waals surface area contributed by atoms with Crippen LogP contribution in [0.1, 0.15) is 31.4 Å². The van der Waals surface area contributed by atoms with Crippen LogP contribution < -0.4 is 5.32 Å². The highest BCUT2D eigenvalue weighted by atomic mass is 19.1. The van der Waals surface area contributed by atoms with Crippen LogP contribution in [0.25, 0.3) is 0 Å². The Balaban J connectivity index is 2.82. The lowest BCUT2D eigenvalue weighted by atomic mass is 10.0. The Bertz CT molecular complexity index is 331. The largest absolute Gasteiger partial charge is 0.396 e. The van der Waals surface area contributed by atoms with E-state index in [-0.39, 0.29) is 12.6 Å².